The van der Waals surface area contributed by atoms with Crippen molar-refractivity contribution in [2.45, 2.75) is 13.8 Å². The van der Waals surface area contributed by atoms with Gasteiger partial charge in [0.05, 0.1) is 6.61 Å². The molecule has 0 N–H and O–H groups in total. The van der Waals surface area contributed by atoms with Crippen LogP contribution in [0.4, 0.5) is 0 Å². The van der Waals surface area contributed by atoms with Crippen LogP contribution in [-0.4, -0.2) is 13.2 Å². The number of hydrogen-bond donors (Lipinski definition) is 0. The summed E-state index contributed by atoms with van der Waals surface area (Å²) in [5.41, 5.74) is 2.01. The fourth-order valence-corrected chi connectivity index (χ4v) is 0.541. The Balaban J connectivity index is 0. The molecule has 1 nitrogen and oxygen atoms in total. The molecule has 0 atom stereocenters. The van der Waals surface area contributed by atoms with Gasteiger partial charge in [0.15, 0.2) is 0 Å². The van der Waals surface area contributed by atoms with E-state index in [1.54, 1.807) is 0 Å². The molecule has 0 saturated carbocycles. The minimum Gasteiger partial charge on any atom is -0.377 e. The Labute approximate surface area is 70.6 Å². The van der Waals surface area contributed by atoms with E-state index in [2.05, 4.69) is 13.2 Å². The van der Waals surface area contributed by atoms with Crippen LogP contribution in [0, 0.1) is 0 Å². The summed E-state index contributed by atoms with van der Waals surface area (Å²) in [7, 11) is 0. The molecule has 0 aromatic rings. The highest BCUT2D eigenvalue weighted by Crippen LogP contribution is 1.97. The molecule has 0 aromatic heterocycles. The van der Waals surface area contributed by atoms with Crippen molar-refractivity contribution in [3.05, 3.63) is 36.5 Å². The zero-order valence-corrected chi connectivity index (χ0v) is 7.39. The summed E-state index contributed by atoms with van der Waals surface area (Å²) >= 11 is 0. The Bertz CT molecular complexity index is 171. The SMILES string of the molecule is C=C(C)/C=C\C(=C)COCC.[HH]. The molecule has 1 heteroatoms. The van der Waals surface area contributed by atoms with Crippen molar-refractivity contribution in [3.63, 3.8) is 0 Å². The van der Waals surface area contributed by atoms with Crippen molar-refractivity contribution in [3.8, 4) is 0 Å². The lowest BCUT2D eigenvalue weighted by atomic mass is 10.2. The molecule has 0 radical (unpaired) electrons. The maximum Gasteiger partial charge on any atom is 0.0711 e. The van der Waals surface area contributed by atoms with Gasteiger partial charge >= 0.3 is 0 Å². The average Bonchev–Trinajstić information content (AvgIpc) is 1.97. The Morgan fingerprint density at radius 2 is 2.09 bits per heavy atom. The summed E-state index contributed by atoms with van der Waals surface area (Å²) in [6.07, 6.45) is 3.86. The van der Waals surface area contributed by atoms with Crippen LogP contribution >= 0.6 is 0 Å². The van der Waals surface area contributed by atoms with E-state index < -0.39 is 0 Å². The molecule has 0 rings (SSSR count). The lowest BCUT2D eigenvalue weighted by Gasteiger charge is -1.98. The predicted octanol–water partition coefficient (Wildman–Crippen LogP) is 2.96. The van der Waals surface area contributed by atoms with Crippen LogP contribution in [0.1, 0.15) is 15.3 Å². The van der Waals surface area contributed by atoms with Crippen LogP contribution in [0.3, 0.4) is 0 Å². The van der Waals surface area contributed by atoms with Crippen molar-refractivity contribution >= 4 is 0 Å². The van der Waals surface area contributed by atoms with Crippen LogP contribution in [0.5, 0.6) is 0 Å². The molecule has 64 valence electrons. The van der Waals surface area contributed by atoms with Crippen molar-refractivity contribution in [2.24, 2.45) is 0 Å². The predicted molar refractivity (Wildman–Crippen MR) is 51.7 cm³/mol. The molecular formula is C10H18O. The van der Waals surface area contributed by atoms with E-state index in [1.165, 1.54) is 0 Å². The third-order valence-electron chi connectivity index (χ3n) is 1.10. The first kappa shape index (κ1) is 10.2. The minimum absolute atomic E-state index is 0. The summed E-state index contributed by atoms with van der Waals surface area (Å²) in [6, 6.07) is 0. The van der Waals surface area contributed by atoms with Gasteiger partial charge in [-0.25, -0.2) is 0 Å². The van der Waals surface area contributed by atoms with Gasteiger partial charge in [-0.05, 0) is 19.4 Å². The number of allylic oxidation sites excluding steroid dienone is 2. The Hall–Kier alpha value is -0.820. The maximum atomic E-state index is 5.15. The summed E-state index contributed by atoms with van der Waals surface area (Å²) in [6.45, 7) is 12.8. The maximum absolute atomic E-state index is 5.15. The number of ether oxygens (including phenoxy) is 1. The summed E-state index contributed by atoms with van der Waals surface area (Å²) < 4.78 is 5.15. The van der Waals surface area contributed by atoms with E-state index >= 15 is 0 Å². The second kappa shape index (κ2) is 5.93. The van der Waals surface area contributed by atoms with Crippen molar-refractivity contribution < 1.29 is 6.16 Å². The first-order chi connectivity index (χ1) is 5.16. The van der Waals surface area contributed by atoms with Gasteiger partial charge in [0, 0.05) is 8.03 Å². The Morgan fingerprint density at radius 1 is 1.45 bits per heavy atom. The Kier molecular flexibility index (Phi) is 5.49. The van der Waals surface area contributed by atoms with E-state index in [-0.39, 0.29) is 1.43 Å². The molecular weight excluding hydrogens is 136 g/mol. The van der Waals surface area contributed by atoms with Crippen LogP contribution in [0.2, 0.25) is 0 Å². The zero-order chi connectivity index (χ0) is 8.69. The molecule has 0 aromatic carbocycles. The van der Waals surface area contributed by atoms with Gasteiger partial charge in [-0.3, -0.25) is 0 Å². The lowest BCUT2D eigenvalue weighted by Crippen LogP contribution is -1.93. The first-order valence-electron chi connectivity index (χ1n) is 3.76. The van der Waals surface area contributed by atoms with Crippen molar-refractivity contribution in [1.82, 2.24) is 0 Å². The van der Waals surface area contributed by atoms with Gasteiger partial charge in [0.25, 0.3) is 0 Å². The van der Waals surface area contributed by atoms with Gasteiger partial charge in [-0.2, -0.15) is 0 Å². The molecule has 0 bridgehead atoms. The fourth-order valence-electron chi connectivity index (χ4n) is 0.541. The van der Waals surface area contributed by atoms with E-state index in [9.17, 15) is 0 Å². The number of rotatable bonds is 5. The normalized spacial score (nSPS) is 10.4. The van der Waals surface area contributed by atoms with Gasteiger partial charge in [0.2, 0.25) is 0 Å². The van der Waals surface area contributed by atoms with Crippen LogP contribution in [0.25, 0.3) is 0 Å². The topological polar surface area (TPSA) is 9.23 Å². The van der Waals surface area contributed by atoms with Gasteiger partial charge in [-0.15, -0.1) is 0 Å². The molecule has 0 aliphatic heterocycles. The monoisotopic (exact) mass is 154 g/mol. The second-order valence-electron chi connectivity index (χ2n) is 2.48. The zero-order valence-electron chi connectivity index (χ0n) is 7.39. The van der Waals surface area contributed by atoms with Crippen molar-refractivity contribution in [1.29, 1.82) is 0 Å². The van der Waals surface area contributed by atoms with E-state index in [0.29, 0.717) is 6.61 Å². The van der Waals surface area contributed by atoms with Crippen molar-refractivity contribution in [2.75, 3.05) is 13.2 Å². The Morgan fingerprint density at radius 3 is 2.55 bits per heavy atom. The first-order valence-corrected chi connectivity index (χ1v) is 3.76. The van der Waals surface area contributed by atoms with Crippen LogP contribution in [-0.2, 0) is 4.74 Å². The lowest BCUT2D eigenvalue weighted by molar-refractivity contribution is 0.173. The molecule has 0 spiro atoms. The molecule has 11 heavy (non-hydrogen) atoms. The molecule has 0 fully saturated rings. The van der Waals surface area contributed by atoms with E-state index in [0.717, 1.165) is 17.8 Å². The highest BCUT2D eigenvalue weighted by molar-refractivity contribution is 5.22. The van der Waals surface area contributed by atoms with Crippen LogP contribution in [0.15, 0.2) is 36.5 Å². The summed E-state index contributed by atoms with van der Waals surface area (Å²) in [5.74, 6) is 0. The highest BCUT2D eigenvalue weighted by Gasteiger charge is 1.86. The van der Waals surface area contributed by atoms with Crippen LogP contribution < -0.4 is 0 Å². The molecule has 0 heterocycles. The highest BCUT2D eigenvalue weighted by atomic mass is 16.5. The largest absolute Gasteiger partial charge is 0.377 e. The molecule has 0 unspecified atom stereocenters. The smallest absolute Gasteiger partial charge is 0.0711 e. The standard InChI is InChI=1S/C10H16O.H2/c1-5-11-8-10(4)7-6-9(2)3;/h6-7H,2,4-5,8H2,1,3H3;1H/b7-6-;. The summed E-state index contributed by atoms with van der Waals surface area (Å²) in [4.78, 5) is 0. The van der Waals surface area contributed by atoms with Gasteiger partial charge in [0.1, 0.15) is 0 Å². The quantitative estimate of drug-likeness (QED) is 0.553. The summed E-state index contributed by atoms with van der Waals surface area (Å²) in [5, 5.41) is 0. The number of hydrogen-bond acceptors (Lipinski definition) is 1. The third-order valence-corrected chi connectivity index (χ3v) is 1.10. The van der Waals surface area contributed by atoms with Gasteiger partial charge in [-0.1, -0.05) is 30.9 Å². The van der Waals surface area contributed by atoms with E-state index in [4.69, 9.17) is 4.74 Å². The minimum atomic E-state index is 0. The fraction of sp³-hybridized carbons (Fsp3) is 0.400. The average molecular weight is 154 g/mol. The molecule has 0 saturated heterocycles. The molecule has 0 amide bonds. The third kappa shape index (κ3) is 7.07. The van der Waals surface area contributed by atoms with E-state index in [1.807, 2.05) is 26.0 Å². The second-order valence-corrected chi connectivity index (χ2v) is 2.48. The molecule has 0 aliphatic carbocycles. The molecule has 0 aliphatic rings. The van der Waals surface area contributed by atoms with Gasteiger partial charge < -0.3 is 4.74 Å².